The Labute approximate surface area is 130 Å². The van der Waals surface area contributed by atoms with Crippen LogP contribution in [-0.4, -0.2) is 42.7 Å². The standard InChI is InChI=1S/C10H14N4O3S3/c1-4-5-17-9-8(13(15)16)7(11-6-12-9)10(18)14(19-2)20-3/h6H,4-5H2,1-3H3. The van der Waals surface area contributed by atoms with Crippen LogP contribution in [0.15, 0.2) is 6.33 Å². The second kappa shape index (κ2) is 8.22. The van der Waals surface area contributed by atoms with Gasteiger partial charge in [0.05, 0.1) is 11.5 Å². The molecule has 0 amide bonds. The van der Waals surface area contributed by atoms with E-state index >= 15 is 0 Å². The van der Waals surface area contributed by atoms with Crippen molar-refractivity contribution in [2.75, 3.05) is 19.1 Å². The van der Waals surface area contributed by atoms with Crippen molar-refractivity contribution in [2.45, 2.75) is 13.3 Å². The minimum atomic E-state index is -0.564. The Morgan fingerprint density at radius 2 is 2.15 bits per heavy atom. The van der Waals surface area contributed by atoms with Gasteiger partial charge in [0.1, 0.15) is 6.33 Å². The van der Waals surface area contributed by atoms with Gasteiger partial charge in [-0.1, -0.05) is 19.1 Å². The van der Waals surface area contributed by atoms with Crippen LogP contribution in [0.25, 0.3) is 0 Å². The fourth-order valence-electron chi connectivity index (χ4n) is 1.31. The van der Waals surface area contributed by atoms with Crippen molar-refractivity contribution >= 4 is 46.8 Å². The molecule has 0 atom stereocenters. The topological polar surface area (TPSA) is 81.4 Å². The summed E-state index contributed by atoms with van der Waals surface area (Å²) in [4.78, 5) is 18.7. The lowest BCUT2D eigenvalue weighted by Crippen LogP contribution is -2.19. The Morgan fingerprint density at radius 3 is 2.65 bits per heavy atom. The van der Waals surface area contributed by atoms with E-state index in [-0.39, 0.29) is 22.2 Å². The van der Waals surface area contributed by atoms with Crippen LogP contribution in [0.1, 0.15) is 19.0 Å². The van der Waals surface area contributed by atoms with Gasteiger partial charge in [-0.15, -0.1) is 0 Å². The van der Waals surface area contributed by atoms with Crippen molar-refractivity contribution < 1.29 is 9.66 Å². The molecule has 0 unspecified atom stereocenters. The van der Waals surface area contributed by atoms with Crippen LogP contribution in [0.4, 0.5) is 5.69 Å². The first-order valence-electron chi connectivity index (χ1n) is 5.61. The normalized spacial score (nSPS) is 10.2. The molecule has 1 aromatic rings. The summed E-state index contributed by atoms with van der Waals surface area (Å²) in [6.45, 7) is 2.25. The molecule has 10 heteroatoms. The molecule has 1 rings (SSSR count). The van der Waals surface area contributed by atoms with E-state index < -0.39 is 4.92 Å². The number of thiocarbonyl (C=S) groups is 1. The third kappa shape index (κ3) is 3.93. The van der Waals surface area contributed by atoms with E-state index in [1.54, 1.807) is 3.71 Å². The van der Waals surface area contributed by atoms with E-state index in [0.717, 1.165) is 6.42 Å². The van der Waals surface area contributed by atoms with E-state index in [1.165, 1.54) is 30.2 Å². The van der Waals surface area contributed by atoms with Gasteiger partial charge < -0.3 is 4.74 Å². The number of hydrogen-bond acceptors (Lipinski definition) is 8. The molecule has 20 heavy (non-hydrogen) atoms. The minimum Gasteiger partial charge on any atom is -0.473 e. The maximum absolute atomic E-state index is 11.3. The SMILES string of the molecule is CCCOc1ncnc(C(=S)N(SC)SC)c1[N+](=O)[O-]. The first kappa shape index (κ1) is 16.9. The third-order valence-corrected chi connectivity index (χ3v) is 4.64. The molecule has 0 N–H and O–H groups in total. The molecule has 0 aliphatic heterocycles. The van der Waals surface area contributed by atoms with Gasteiger partial charge >= 0.3 is 5.69 Å². The maximum Gasteiger partial charge on any atom is 0.359 e. The fourth-order valence-corrected chi connectivity index (χ4v) is 3.01. The molecule has 0 saturated carbocycles. The Balaban J connectivity index is 3.25. The third-order valence-electron chi connectivity index (χ3n) is 2.11. The largest absolute Gasteiger partial charge is 0.473 e. The van der Waals surface area contributed by atoms with Crippen molar-refractivity contribution in [2.24, 2.45) is 0 Å². The Morgan fingerprint density at radius 1 is 1.50 bits per heavy atom. The number of ether oxygens (including phenoxy) is 1. The lowest BCUT2D eigenvalue weighted by Gasteiger charge is -2.17. The summed E-state index contributed by atoms with van der Waals surface area (Å²) >= 11 is 7.95. The Kier molecular flexibility index (Phi) is 6.96. The van der Waals surface area contributed by atoms with Crippen molar-refractivity contribution in [1.82, 2.24) is 13.7 Å². The van der Waals surface area contributed by atoms with Gasteiger partial charge in [-0.3, -0.25) is 10.1 Å². The van der Waals surface area contributed by atoms with Gasteiger partial charge in [0.2, 0.25) is 0 Å². The summed E-state index contributed by atoms with van der Waals surface area (Å²) in [6, 6.07) is 0. The van der Waals surface area contributed by atoms with E-state index in [2.05, 4.69) is 9.97 Å². The molecule has 0 radical (unpaired) electrons. The molecule has 0 aromatic carbocycles. The molecule has 7 nitrogen and oxygen atoms in total. The molecular formula is C10H14N4O3S3. The van der Waals surface area contributed by atoms with E-state index in [0.29, 0.717) is 6.61 Å². The van der Waals surface area contributed by atoms with E-state index in [4.69, 9.17) is 17.0 Å². The van der Waals surface area contributed by atoms with Crippen LogP contribution in [-0.2, 0) is 0 Å². The van der Waals surface area contributed by atoms with E-state index in [9.17, 15) is 10.1 Å². The quantitative estimate of drug-likeness (QED) is 0.323. The molecule has 0 aliphatic rings. The molecule has 0 spiro atoms. The van der Waals surface area contributed by atoms with Gasteiger partial charge in [-0.2, -0.15) is 4.98 Å². The molecule has 0 bridgehead atoms. The molecule has 110 valence electrons. The van der Waals surface area contributed by atoms with E-state index in [1.807, 2.05) is 19.4 Å². The smallest absolute Gasteiger partial charge is 0.359 e. The Bertz CT molecular complexity index is 497. The van der Waals surface area contributed by atoms with Crippen molar-refractivity contribution in [3.8, 4) is 5.88 Å². The van der Waals surface area contributed by atoms with Crippen LogP contribution in [0.2, 0.25) is 0 Å². The molecule has 1 aromatic heterocycles. The van der Waals surface area contributed by atoms with Crippen molar-refractivity contribution in [1.29, 1.82) is 0 Å². The summed E-state index contributed by atoms with van der Waals surface area (Å²) in [6.07, 6.45) is 5.59. The highest BCUT2D eigenvalue weighted by molar-refractivity contribution is 8.13. The zero-order valence-corrected chi connectivity index (χ0v) is 13.7. The highest BCUT2D eigenvalue weighted by Crippen LogP contribution is 2.31. The highest BCUT2D eigenvalue weighted by Gasteiger charge is 2.29. The highest BCUT2D eigenvalue weighted by atomic mass is 32.2. The molecular weight excluding hydrogens is 320 g/mol. The monoisotopic (exact) mass is 334 g/mol. The summed E-state index contributed by atoms with van der Waals surface area (Å²) in [5.41, 5.74) is -0.200. The molecule has 0 aliphatic carbocycles. The van der Waals surface area contributed by atoms with Crippen LogP contribution in [0.5, 0.6) is 5.88 Å². The zero-order chi connectivity index (χ0) is 15.1. The van der Waals surface area contributed by atoms with Crippen molar-refractivity contribution in [3.05, 3.63) is 22.1 Å². The number of hydrogen-bond donors (Lipinski definition) is 0. The number of rotatable bonds is 7. The molecule has 0 fully saturated rings. The van der Waals surface area contributed by atoms with Crippen molar-refractivity contribution in [3.63, 3.8) is 0 Å². The first-order valence-corrected chi connectivity index (χ1v) is 8.38. The predicted octanol–water partition coefficient (Wildman–Crippen LogP) is 2.71. The van der Waals surface area contributed by atoms with Gasteiger partial charge in [0.25, 0.3) is 5.88 Å². The van der Waals surface area contributed by atoms with Crippen LogP contribution >= 0.6 is 36.1 Å². The summed E-state index contributed by atoms with van der Waals surface area (Å²) in [5, 5.41) is 11.3. The summed E-state index contributed by atoms with van der Waals surface area (Å²) < 4.78 is 6.96. The predicted molar refractivity (Wildman–Crippen MR) is 85.0 cm³/mol. The summed E-state index contributed by atoms with van der Waals surface area (Å²) in [5.74, 6) is -0.0497. The fraction of sp³-hybridized carbons (Fsp3) is 0.500. The maximum atomic E-state index is 11.3. The van der Waals surface area contributed by atoms with Gasteiger partial charge in [-0.25, -0.2) is 8.69 Å². The second-order valence-electron chi connectivity index (χ2n) is 3.41. The summed E-state index contributed by atoms with van der Waals surface area (Å²) in [7, 11) is 0. The lowest BCUT2D eigenvalue weighted by molar-refractivity contribution is -0.386. The van der Waals surface area contributed by atoms with Gasteiger partial charge in [0, 0.05) is 12.5 Å². The van der Waals surface area contributed by atoms with Crippen LogP contribution in [0.3, 0.4) is 0 Å². The lowest BCUT2D eigenvalue weighted by atomic mass is 10.3. The molecule has 0 saturated heterocycles. The first-order chi connectivity index (χ1) is 9.56. The van der Waals surface area contributed by atoms with Gasteiger partial charge in [-0.05, 0) is 30.3 Å². The average molecular weight is 334 g/mol. The minimum absolute atomic E-state index is 0.0497. The number of nitro groups is 1. The Hall–Kier alpha value is -1.13. The van der Waals surface area contributed by atoms with Crippen LogP contribution in [0, 0.1) is 10.1 Å². The number of aromatic nitrogens is 2. The zero-order valence-electron chi connectivity index (χ0n) is 11.2. The van der Waals surface area contributed by atoms with Crippen LogP contribution < -0.4 is 4.74 Å². The average Bonchev–Trinajstić information content (AvgIpc) is 2.45. The van der Waals surface area contributed by atoms with Gasteiger partial charge in [0.15, 0.2) is 10.7 Å². The number of nitrogens with zero attached hydrogens (tertiary/aromatic N) is 4. The molecule has 1 heterocycles. The second-order valence-corrected chi connectivity index (χ2v) is 5.49.